The molecule has 1 aromatic heterocycles. The third kappa shape index (κ3) is 4.14. The second kappa shape index (κ2) is 7.97. The number of benzene rings is 1. The molecule has 0 amide bonds. The summed E-state index contributed by atoms with van der Waals surface area (Å²) in [6.45, 7) is 2.71. The molecule has 3 rings (SSSR count). The number of nitrogens with zero attached hydrogens (tertiary/aromatic N) is 3. The molecule has 6 heteroatoms. The minimum Gasteiger partial charge on any atom is -0.497 e. The van der Waals surface area contributed by atoms with E-state index in [1.807, 2.05) is 24.3 Å². The van der Waals surface area contributed by atoms with Crippen LogP contribution in [0.4, 0.5) is 5.95 Å². The fraction of sp³-hybridized carbons (Fsp3) is 0.444. The van der Waals surface area contributed by atoms with E-state index in [0.717, 1.165) is 55.5 Å². The van der Waals surface area contributed by atoms with Crippen LogP contribution in [-0.2, 0) is 6.54 Å². The van der Waals surface area contributed by atoms with Gasteiger partial charge in [0, 0.05) is 44.1 Å². The molecule has 6 nitrogen and oxygen atoms in total. The summed E-state index contributed by atoms with van der Waals surface area (Å²) in [6, 6.07) is 8.23. The zero-order chi connectivity index (χ0) is 16.8. The second-order valence-electron chi connectivity index (χ2n) is 5.94. The van der Waals surface area contributed by atoms with Gasteiger partial charge in [-0.1, -0.05) is 0 Å². The molecule has 1 atom stereocenters. The van der Waals surface area contributed by atoms with Gasteiger partial charge < -0.3 is 19.7 Å². The molecule has 0 saturated carbocycles. The summed E-state index contributed by atoms with van der Waals surface area (Å²) < 4.78 is 10.7. The fourth-order valence-electron chi connectivity index (χ4n) is 3.01. The highest BCUT2D eigenvalue weighted by molar-refractivity contribution is 5.38. The van der Waals surface area contributed by atoms with Crippen LogP contribution >= 0.6 is 0 Å². The van der Waals surface area contributed by atoms with Gasteiger partial charge in [0.1, 0.15) is 11.5 Å². The van der Waals surface area contributed by atoms with Crippen molar-refractivity contribution in [2.45, 2.75) is 25.4 Å². The van der Waals surface area contributed by atoms with Crippen molar-refractivity contribution in [3.05, 3.63) is 42.2 Å². The number of methoxy groups -OCH3 is 2. The van der Waals surface area contributed by atoms with Crippen molar-refractivity contribution in [2.24, 2.45) is 0 Å². The van der Waals surface area contributed by atoms with E-state index in [4.69, 9.17) is 9.47 Å². The monoisotopic (exact) mass is 328 g/mol. The molecule has 0 bridgehead atoms. The second-order valence-corrected chi connectivity index (χ2v) is 5.94. The Morgan fingerprint density at radius 2 is 1.83 bits per heavy atom. The van der Waals surface area contributed by atoms with E-state index in [0.29, 0.717) is 6.04 Å². The predicted octanol–water partition coefficient (Wildman–Crippen LogP) is 2.25. The highest BCUT2D eigenvalue weighted by Crippen LogP contribution is 2.23. The smallest absolute Gasteiger partial charge is 0.225 e. The fourth-order valence-corrected chi connectivity index (χ4v) is 3.01. The summed E-state index contributed by atoms with van der Waals surface area (Å²) in [5.74, 6) is 2.44. The standard InChI is InChI=1S/C18H24N4O2/c1-23-16-9-14(10-17(11-16)24-2)12-21-15-5-3-8-22(13-15)18-19-6-4-7-20-18/h4,6-7,9-11,15,21H,3,5,8,12-13H2,1-2H3. The van der Waals surface area contributed by atoms with Crippen LogP contribution in [0, 0.1) is 0 Å². The van der Waals surface area contributed by atoms with Crippen LogP contribution in [0.3, 0.4) is 0 Å². The minimum absolute atomic E-state index is 0.416. The van der Waals surface area contributed by atoms with Crippen LogP contribution < -0.4 is 19.7 Å². The van der Waals surface area contributed by atoms with Gasteiger partial charge in [0.15, 0.2) is 0 Å². The predicted molar refractivity (Wildman–Crippen MR) is 93.7 cm³/mol. The average molecular weight is 328 g/mol. The molecule has 1 unspecified atom stereocenters. The van der Waals surface area contributed by atoms with Crippen molar-refractivity contribution in [3.8, 4) is 11.5 Å². The highest BCUT2D eigenvalue weighted by Gasteiger charge is 2.21. The summed E-state index contributed by atoms with van der Waals surface area (Å²) in [7, 11) is 3.34. The van der Waals surface area contributed by atoms with Crippen molar-refractivity contribution in [2.75, 3.05) is 32.2 Å². The highest BCUT2D eigenvalue weighted by atomic mass is 16.5. The molecule has 1 N–H and O–H groups in total. The Balaban J connectivity index is 1.60. The summed E-state index contributed by atoms with van der Waals surface area (Å²) in [5.41, 5.74) is 1.15. The molecule has 0 spiro atoms. The lowest BCUT2D eigenvalue weighted by atomic mass is 10.1. The van der Waals surface area contributed by atoms with Crippen LogP contribution in [0.1, 0.15) is 18.4 Å². The van der Waals surface area contributed by atoms with E-state index in [1.165, 1.54) is 0 Å². The average Bonchev–Trinajstić information content (AvgIpc) is 2.67. The first-order chi connectivity index (χ1) is 11.8. The van der Waals surface area contributed by atoms with Crippen LogP contribution in [0.25, 0.3) is 0 Å². The first kappa shape index (κ1) is 16.5. The zero-order valence-corrected chi connectivity index (χ0v) is 14.2. The number of anilines is 1. The lowest BCUT2D eigenvalue weighted by Crippen LogP contribution is -2.46. The molecule has 24 heavy (non-hydrogen) atoms. The van der Waals surface area contributed by atoms with Crippen molar-refractivity contribution in [1.29, 1.82) is 0 Å². The van der Waals surface area contributed by atoms with Gasteiger partial charge in [-0.3, -0.25) is 0 Å². The van der Waals surface area contributed by atoms with E-state index < -0.39 is 0 Å². The number of rotatable bonds is 6. The number of nitrogens with one attached hydrogen (secondary N) is 1. The quantitative estimate of drug-likeness (QED) is 0.878. The Morgan fingerprint density at radius 1 is 1.12 bits per heavy atom. The van der Waals surface area contributed by atoms with Gasteiger partial charge in [-0.05, 0) is 36.6 Å². The van der Waals surface area contributed by atoms with Crippen molar-refractivity contribution in [1.82, 2.24) is 15.3 Å². The van der Waals surface area contributed by atoms with Gasteiger partial charge in [-0.25, -0.2) is 9.97 Å². The maximum absolute atomic E-state index is 5.33. The third-order valence-electron chi connectivity index (χ3n) is 4.26. The van der Waals surface area contributed by atoms with E-state index in [2.05, 4.69) is 20.2 Å². The number of ether oxygens (including phenoxy) is 2. The summed E-state index contributed by atoms with van der Waals surface area (Å²) >= 11 is 0. The number of hydrogen-bond donors (Lipinski definition) is 1. The molecule has 1 aliphatic rings. The summed E-state index contributed by atoms with van der Waals surface area (Å²) in [6.07, 6.45) is 5.88. The van der Waals surface area contributed by atoms with Crippen LogP contribution in [0.5, 0.6) is 11.5 Å². The number of piperidine rings is 1. The molecular formula is C18H24N4O2. The Labute approximate surface area is 142 Å². The van der Waals surface area contributed by atoms with Crippen LogP contribution in [0.15, 0.2) is 36.7 Å². The van der Waals surface area contributed by atoms with Crippen LogP contribution in [-0.4, -0.2) is 43.3 Å². The Kier molecular flexibility index (Phi) is 5.48. The Morgan fingerprint density at radius 3 is 2.50 bits per heavy atom. The molecule has 1 fully saturated rings. The third-order valence-corrected chi connectivity index (χ3v) is 4.26. The van der Waals surface area contributed by atoms with Gasteiger partial charge in [-0.2, -0.15) is 0 Å². The summed E-state index contributed by atoms with van der Waals surface area (Å²) in [5, 5.41) is 3.63. The number of aromatic nitrogens is 2. The SMILES string of the molecule is COc1cc(CNC2CCCN(c3ncccn3)C2)cc(OC)c1. The molecule has 2 heterocycles. The molecular weight excluding hydrogens is 304 g/mol. The van der Waals surface area contributed by atoms with Gasteiger partial charge in [0.05, 0.1) is 14.2 Å². The maximum atomic E-state index is 5.33. The molecule has 128 valence electrons. The zero-order valence-electron chi connectivity index (χ0n) is 14.2. The Bertz CT molecular complexity index is 628. The molecule has 1 aromatic carbocycles. The summed E-state index contributed by atoms with van der Waals surface area (Å²) in [4.78, 5) is 11.0. The van der Waals surface area contributed by atoms with Gasteiger partial charge in [0.2, 0.25) is 5.95 Å². The van der Waals surface area contributed by atoms with Crippen molar-refractivity contribution < 1.29 is 9.47 Å². The van der Waals surface area contributed by atoms with E-state index >= 15 is 0 Å². The van der Waals surface area contributed by atoms with Crippen molar-refractivity contribution >= 4 is 5.95 Å². The maximum Gasteiger partial charge on any atom is 0.225 e. The lowest BCUT2D eigenvalue weighted by Gasteiger charge is -2.33. The first-order valence-electron chi connectivity index (χ1n) is 8.26. The lowest BCUT2D eigenvalue weighted by molar-refractivity contribution is 0.390. The minimum atomic E-state index is 0.416. The molecule has 0 radical (unpaired) electrons. The molecule has 2 aromatic rings. The molecule has 1 saturated heterocycles. The van der Waals surface area contributed by atoms with Gasteiger partial charge >= 0.3 is 0 Å². The van der Waals surface area contributed by atoms with Crippen LogP contribution in [0.2, 0.25) is 0 Å². The molecule has 1 aliphatic heterocycles. The normalized spacial score (nSPS) is 17.6. The topological polar surface area (TPSA) is 59.5 Å². The van der Waals surface area contributed by atoms with E-state index in [1.54, 1.807) is 26.6 Å². The first-order valence-corrected chi connectivity index (χ1v) is 8.26. The van der Waals surface area contributed by atoms with E-state index in [9.17, 15) is 0 Å². The van der Waals surface area contributed by atoms with Gasteiger partial charge in [-0.15, -0.1) is 0 Å². The largest absolute Gasteiger partial charge is 0.497 e. The van der Waals surface area contributed by atoms with E-state index in [-0.39, 0.29) is 0 Å². The molecule has 0 aliphatic carbocycles. The van der Waals surface area contributed by atoms with Crippen molar-refractivity contribution in [3.63, 3.8) is 0 Å². The number of hydrogen-bond acceptors (Lipinski definition) is 6. The Hall–Kier alpha value is -2.34. The van der Waals surface area contributed by atoms with Gasteiger partial charge in [0.25, 0.3) is 0 Å².